The molecule has 6 heteroatoms. The Bertz CT molecular complexity index is 813. The number of rotatable bonds is 5. The van der Waals surface area contributed by atoms with E-state index in [0.29, 0.717) is 27.8 Å². The third-order valence-corrected chi connectivity index (χ3v) is 4.21. The molecule has 0 aliphatic rings. The van der Waals surface area contributed by atoms with Crippen molar-refractivity contribution < 1.29 is 9.18 Å². The number of nitrogens with zero attached hydrogens (tertiary/aromatic N) is 1. The molecule has 0 bridgehead atoms. The Kier molecular flexibility index (Phi) is 4.34. The third kappa shape index (κ3) is 3.73. The molecule has 0 radical (unpaired) electrons. The number of nitrogen functional groups attached to an aromatic ring is 1. The number of carbonyl (C=O) groups excluding carboxylic acids is 1. The molecule has 0 spiro atoms. The maximum Gasteiger partial charge on any atom is 0.204 e. The second-order valence-corrected chi connectivity index (χ2v) is 5.99. The van der Waals surface area contributed by atoms with E-state index in [9.17, 15) is 9.18 Å². The van der Waals surface area contributed by atoms with Gasteiger partial charge >= 0.3 is 0 Å². The number of aromatic nitrogens is 1. The van der Waals surface area contributed by atoms with Crippen LogP contribution in [-0.2, 0) is 6.54 Å². The molecule has 0 amide bonds. The summed E-state index contributed by atoms with van der Waals surface area (Å²) >= 11 is 1.29. The molecular formula is C17H14FN3OS. The molecule has 116 valence electrons. The zero-order chi connectivity index (χ0) is 16.2. The van der Waals surface area contributed by atoms with Crippen LogP contribution in [0.3, 0.4) is 0 Å². The standard InChI is InChI=1S/C17H14FN3OS/c18-13-5-1-11(2-6-13)9-20-17-21-10-15(23-17)16(22)12-3-7-14(19)8-4-12/h1-8,10H,9,19H2,(H,20,21). The molecule has 4 nitrogen and oxygen atoms in total. The van der Waals surface area contributed by atoms with Gasteiger partial charge in [-0.3, -0.25) is 4.79 Å². The first-order valence-electron chi connectivity index (χ1n) is 6.96. The molecule has 0 unspecified atom stereocenters. The molecule has 2 aromatic carbocycles. The highest BCUT2D eigenvalue weighted by atomic mass is 32.1. The number of anilines is 2. The molecular weight excluding hydrogens is 313 g/mol. The van der Waals surface area contributed by atoms with Gasteiger partial charge in [0.25, 0.3) is 0 Å². The number of thiazole rings is 1. The number of hydrogen-bond acceptors (Lipinski definition) is 5. The highest BCUT2D eigenvalue weighted by Crippen LogP contribution is 2.22. The van der Waals surface area contributed by atoms with Crippen LogP contribution < -0.4 is 11.1 Å². The van der Waals surface area contributed by atoms with E-state index in [4.69, 9.17) is 5.73 Å². The summed E-state index contributed by atoms with van der Waals surface area (Å²) in [5.41, 5.74) is 7.75. The lowest BCUT2D eigenvalue weighted by molar-refractivity contribution is 0.104. The average Bonchev–Trinajstić information content (AvgIpc) is 3.03. The van der Waals surface area contributed by atoms with Crippen molar-refractivity contribution >= 4 is 27.9 Å². The average molecular weight is 327 g/mol. The molecule has 3 N–H and O–H groups in total. The molecule has 0 fully saturated rings. The molecule has 0 aliphatic carbocycles. The summed E-state index contributed by atoms with van der Waals surface area (Å²) in [6, 6.07) is 13.0. The van der Waals surface area contributed by atoms with Crippen LogP contribution in [0.5, 0.6) is 0 Å². The van der Waals surface area contributed by atoms with E-state index in [2.05, 4.69) is 10.3 Å². The molecule has 0 saturated carbocycles. The number of ketones is 1. The van der Waals surface area contributed by atoms with Gasteiger partial charge < -0.3 is 11.1 Å². The predicted octanol–water partition coefficient (Wildman–Crippen LogP) is 3.71. The minimum absolute atomic E-state index is 0.0858. The number of nitrogens with two attached hydrogens (primary N) is 1. The van der Waals surface area contributed by atoms with E-state index < -0.39 is 0 Å². The fourth-order valence-electron chi connectivity index (χ4n) is 2.02. The fraction of sp³-hybridized carbons (Fsp3) is 0.0588. The Morgan fingerprint density at radius 3 is 2.52 bits per heavy atom. The first-order chi connectivity index (χ1) is 11.1. The lowest BCUT2D eigenvalue weighted by Gasteiger charge is -2.02. The molecule has 0 atom stereocenters. The van der Waals surface area contributed by atoms with Gasteiger partial charge in [0.15, 0.2) is 5.13 Å². The van der Waals surface area contributed by atoms with Crippen LogP contribution in [0.2, 0.25) is 0 Å². The summed E-state index contributed by atoms with van der Waals surface area (Å²) in [5, 5.41) is 3.78. The van der Waals surface area contributed by atoms with Crippen molar-refractivity contribution in [1.29, 1.82) is 0 Å². The van der Waals surface area contributed by atoms with Gasteiger partial charge in [0.2, 0.25) is 5.78 Å². The second-order valence-electron chi connectivity index (χ2n) is 4.96. The minimum atomic E-state index is -0.264. The molecule has 3 rings (SSSR count). The van der Waals surface area contributed by atoms with Gasteiger partial charge in [0, 0.05) is 17.8 Å². The zero-order valence-corrected chi connectivity index (χ0v) is 12.9. The quantitative estimate of drug-likeness (QED) is 0.554. The highest BCUT2D eigenvalue weighted by Gasteiger charge is 2.12. The molecule has 0 aliphatic heterocycles. The number of hydrogen-bond donors (Lipinski definition) is 2. The summed E-state index contributed by atoms with van der Waals surface area (Å²) in [7, 11) is 0. The van der Waals surface area contributed by atoms with Crippen molar-refractivity contribution in [3.05, 3.63) is 76.5 Å². The third-order valence-electron chi connectivity index (χ3n) is 3.26. The van der Waals surface area contributed by atoms with Crippen molar-refractivity contribution in [2.45, 2.75) is 6.54 Å². The topological polar surface area (TPSA) is 68.0 Å². The Morgan fingerprint density at radius 1 is 1.13 bits per heavy atom. The SMILES string of the molecule is Nc1ccc(C(=O)c2cnc(NCc3ccc(F)cc3)s2)cc1. The smallest absolute Gasteiger partial charge is 0.204 e. The Balaban J connectivity index is 1.66. The summed E-state index contributed by atoms with van der Waals surface area (Å²) in [4.78, 5) is 17.1. The van der Waals surface area contributed by atoms with Crippen LogP contribution >= 0.6 is 11.3 Å². The highest BCUT2D eigenvalue weighted by molar-refractivity contribution is 7.17. The van der Waals surface area contributed by atoms with Gasteiger partial charge in [-0.05, 0) is 42.0 Å². The molecule has 3 aromatic rings. The van der Waals surface area contributed by atoms with Gasteiger partial charge in [0.05, 0.1) is 11.1 Å². The fourth-order valence-corrected chi connectivity index (χ4v) is 2.79. The van der Waals surface area contributed by atoms with Gasteiger partial charge in [-0.25, -0.2) is 9.37 Å². The van der Waals surface area contributed by atoms with Gasteiger partial charge in [-0.2, -0.15) is 0 Å². The van der Waals surface area contributed by atoms with E-state index in [0.717, 1.165) is 5.56 Å². The van der Waals surface area contributed by atoms with Crippen LogP contribution in [0.4, 0.5) is 15.2 Å². The Hall–Kier alpha value is -2.73. The van der Waals surface area contributed by atoms with Gasteiger partial charge in [0.1, 0.15) is 5.82 Å². The summed E-state index contributed by atoms with van der Waals surface area (Å²) in [6.07, 6.45) is 1.55. The Morgan fingerprint density at radius 2 is 1.83 bits per heavy atom. The molecule has 0 saturated heterocycles. The molecule has 1 aromatic heterocycles. The van der Waals surface area contributed by atoms with Gasteiger partial charge in [-0.1, -0.05) is 23.5 Å². The lowest BCUT2D eigenvalue weighted by Crippen LogP contribution is -1.99. The number of benzene rings is 2. The van der Waals surface area contributed by atoms with E-state index in [-0.39, 0.29) is 11.6 Å². The van der Waals surface area contributed by atoms with Crippen molar-refractivity contribution in [2.75, 3.05) is 11.1 Å². The van der Waals surface area contributed by atoms with Crippen molar-refractivity contribution in [2.24, 2.45) is 0 Å². The zero-order valence-electron chi connectivity index (χ0n) is 12.1. The van der Waals surface area contributed by atoms with Crippen LogP contribution in [0.15, 0.2) is 54.7 Å². The first-order valence-corrected chi connectivity index (χ1v) is 7.78. The summed E-state index contributed by atoms with van der Waals surface area (Å²) < 4.78 is 12.9. The van der Waals surface area contributed by atoms with Gasteiger partial charge in [-0.15, -0.1) is 0 Å². The first kappa shape index (κ1) is 15.2. The van der Waals surface area contributed by atoms with Crippen LogP contribution in [0.25, 0.3) is 0 Å². The molecule has 23 heavy (non-hydrogen) atoms. The van der Waals surface area contributed by atoms with Crippen molar-refractivity contribution in [1.82, 2.24) is 4.98 Å². The van der Waals surface area contributed by atoms with E-state index in [1.165, 1.54) is 23.5 Å². The summed E-state index contributed by atoms with van der Waals surface area (Å²) in [6.45, 7) is 0.517. The van der Waals surface area contributed by atoms with Crippen LogP contribution in [0, 0.1) is 5.82 Å². The number of nitrogens with one attached hydrogen (secondary N) is 1. The maximum atomic E-state index is 12.9. The van der Waals surface area contributed by atoms with Crippen molar-refractivity contribution in [3.63, 3.8) is 0 Å². The van der Waals surface area contributed by atoms with Crippen LogP contribution in [-0.4, -0.2) is 10.8 Å². The lowest BCUT2D eigenvalue weighted by atomic mass is 10.1. The summed E-state index contributed by atoms with van der Waals surface area (Å²) in [5.74, 6) is -0.350. The number of carbonyl (C=O) groups is 1. The van der Waals surface area contributed by atoms with E-state index in [1.807, 2.05) is 0 Å². The maximum absolute atomic E-state index is 12.9. The predicted molar refractivity (Wildman–Crippen MR) is 90.1 cm³/mol. The second kappa shape index (κ2) is 6.58. The number of halogens is 1. The van der Waals surface area contributed by atoms with E-state index in [1.54, 1.807) is 42.6 Å². The van der Waals surface area contributed by atoms with Crippen LogP contribution in [0.1, 0.15) is 20.8 Å². The van der Waals surface area contributed by atoms with Crippen molar-refractivity contribution in [3.8, 4) is 0 Å². The normalized spacial score (nSPS) is 10.5. The minimum Gasteiger partial charge on any atom is -0.399 e. The largest absolute Gasteiger partial charge is 0.399 e. The monoisotopic (exact) mass is 327 g/mol. The Labute approximate surface area is 136 Å². The molecule has 1 heterocycles. The van der Waals surface area contributed by atoms with E-state index >= 15 is 0 Å².